The fourth-order valence-corrected chi connectivity index (χ4v) is 0. The molecule has 0 saturated carbocycles. The van der Waals surface area contributed by atoms with E-state index in [1.165, 1.54) is 0 Å². The highest BCUT2D eigenvalue weighted by atomic mass is 79.9. The molecule has 0 aliphatic carbocycles. The third-order valence-corrected chi connectivity index (χ3v) is 0. The number of hydrogen-bond acceptors (Lipinski definition) is 0. The standard InChI is InChI=1S/BH3.3BrH/h1H3;3*1H. The maximum Gasteiger partial charge on any atom is 0.0814 e. The van der Waals surface area contributed by atoms with Crippen LogP contribution in [0.25, 0.3) is 0 Å². The largest absolute Gasteiger partial charge is 0.114 e. The van der Waals surface area contributed by atoms with E-state index in [9.17, 15) is 0 Å². The summed E-state index contributed by atoms with van der Waals surface area (Å²) in [6, 6.07) is 0. The van der Waals surface area contributed by atoms with Gasteiger partial charge in [-0.3, -0.25) is 0 Å². The topological polar surface area (TPSA) is 0 Å². The molecular weight excluding hydrogens is 251 g/mol. The van der Waals surface area contributed by atoms with Gasteiger partial charge in [0.15, 0.2) is 0 Å². The van der Waals surface area contributed by atoms with Crippen molar-refractivity contribution in [1.29, 1.82) is 0 Å². The Morgan fingerprint density at radius 1 is 0.500 bits per heavy atom. The van der Waals surface area contributed by atoms with E-state index in [0.29, 0.717) is 0 Å². The van der Waals surface area contributed by atoms with Crippen LogP contribution >= 0.6 is 50.9 Å². The Hall–Kier alpha value is 1.50. The zero-order chi connectivity index (χ0) is 0. The molecule has 0 nitrogen and oxygen atoms in total. The van der Waals surface area contributed by atoms with E-state index >= 15 is 0 Å². The summed E-state index contributed by atoms with van der Waals surface area (Å²) in [6.45, 7) is 0. The summed E-state index contributed by atoms with van der Waals surface area (Å²) in [5, 5.41) is 0. The molecule has 0 aromatic heterocycles. The van der Waals surface area contributed by atoms with E-state index in [-0.39, 0.29) is 59.4 Å². The highest BCUT2D eigenvalue weighted by Gasteiger charge is 0.0814. The monoisotopic (exact) mass is 254 g/mol. The van der Waals surface area contributed by atoms with E-state index in [2.05, 4.69) is 0 Å². The molecule has 0 aliphatic heterocycles. The average molecular weight is 257 g/mol. The second-order valence-electron chi connectivity index (χ2n) is 0. The van der Waals surface area contributed by atoms with Crippen molar-refractivity contribution in [3.63, 3.8) is 0 Å². The minimum Gasteiger partial charge on any atom is -0.114 e. The van der Waals surface area contributed by atoms with Gasteiger partial charge in [0.25, 0.3) is 0 Å². The Labute approximate surface area is 59.2 Å². The molecular formula is H6BBr3. The van der Waals surface area contributed by atoms with Crippen LogP contribution in [0.4, 0.5) is 0 Å². The Morgan fingerprint density at radius 2 is 0.500 bits per heavy atom. The van der Waals surface area contributed by atoms with Crippen LogP contribution in [-0.4, -0.2) is 8.41 Å². The second kappa shape index (κ2) is 24.4. The SMILES string of the molecule is B.Br.Br.Br. The van der Waals surface area contributed by atoms with Gasteiger partial charge in [0.05, 0.1) is 8.41 Å². The fraction of sp³-hybridized carbons (Fsp3) is 0. The van der Waals surface area contributed by atoms with E-state index in [1.807, 2.05) is 0 Å². The van der Waals surface area contributed by atoms with Gasteiger partial charge in [0.1, 0.15) is 0 Å². The summed E-state index contributed by atoms with van der Waals surface area (Å²) < 4.78 is 0. The molecule has 0 unspecified atom stereocenters. The quantitative estimate of drug-likeness (QED) is 0.556. The lowest BCUT2D eigenvalue weighted by molar-refractivity contribution is 5.75. The van der Waals surface area contributed by atoms with Crippen LogP contribution in [0.1, 0.15) is 0 Å². The van der Waals surface area contributed by atoms with Crippen molar-refractivity contribution in [2.24, 2.45) is 0 Å². The van der Waals surface area contributed by atoms with Gasteiger partial charge >= 0.3 is 0 Å². The Bertz CT molecular complexity index is 3.25. The van der Waals surface area contributed by atoms with Gasteiger partial charge in [-0.25, -0.2) is 0 Å². The molecule has 0 aromatic rings. The first kappa shape index (κ1) is 49.3. The van der Waals surface area contributed by atoms with Crippen LogP contribution in [0.2, 0.25) is 0 Å². The molecule has 4 heteroatoms. The summed E-state index contributed by atoms with van der Waals surface area (Å²) in [7, 11) is 0. The number of halogens is 3. The summed E-state index contributed by atoms with van der Waals surface area (Å²) in [5.74, 6) is 0. The molecule has 0 bridgehead atoms. The summed E-state index contributed by atoms with van der Waals surface area (Å²) >= 11 is 0. The zero-order valence-electron chi connectivity index (χ0n) is 1.22. The van der Waals surface area contributed by atoms with Gasteiger partial charge < -0.3 is 0 Å². The van der Waals surface area contributed by atoms with Gasteiger partial charge in [0.2, 0.25) is 0 Å². The third-order valence-electron chi connectivity index (χ3n) is 0. The summed E-state index contributed by atoms with van der Waals surface area (Å²) in [4.78, 5) is 0. The summed E-state index contributed by atoms with van der Waals surface area (Å²) in [5.41, 5.74) is 0. The Kier molecular flexibility index (Phi) is 301. The Balaban J connectivity index is 0. The van der Waals surface area contributed by atoms with Crippen LogP contribution in [0.15, 0.2) is 0 Å². The minimum atomic E-state index is 0. The van der Waals surface area contributed by atoms with E-state index in [4.69, 9.17) is 0 Å². The van der Waals surface area contributed by atoms with Crippen LogP contribution < -0.4 is 0 Å². The molecule has 0 rings (SSSR count). The zero-order valence-corrected chi connectivity index (χ0v) is 6.36. The molecule has 0 amide bonds. The Morgan fingerprint density at radius 3 is 0.500 bits per heavy atom. The first-order valence-corrected chi connectivity index (χ1v) is 0. The predicted molar refractivity (Wildman–Crippen MR) is 40.9 cm³/mol. The molecule has 0 N–H and O–H groups in total. The van der Waals surface area contributed by atoms with Gasteiger partial charge in [-0.2, -0.15) is 0 Å². The van der Waals surface area contributed by atoms with Gasteiger partial charge in [-0.15, -0.1) is 50.9 Å². The molecule has 0 saturated heterocycles. The van der Waals surface area contributed by atoms with E-state index in [0.717, 1.165) is 0 Å². The normalized spacial score (nSPS) is 0. The number of rotatable bonds is 0. The van der Waals surface area contributed by atoms with Gasteiger partial charge in [0, 0.05) is 0 Å². The van der Waals surface area contributed by atoms with Crippen LogP contribution in [0, 0.1) is 0 Å². The highest BCUT2D eigenvalue weighted by molar-refractivity contribution is 8.93. The van der Waals surface area contributed by atoms with Crippen LogP contribution in [0.3, 0.4) is 0 Å². The lowest BCUT2D eigenvalue weighted by atomic mass is 10.8. The molecule has 0 atom stereocenters. The molecule has 0 heterocycles. The molecule has 30 valence electrons. The van der Waals surface area contributed by atoms with E-state index < -0.39 is 0 Å². The summed E-state index contributed by atoms with van der Waals surface area (Å²) in [6.07, 6.45) is 0. The van der Waals surface area contributed by atoms with Crippen molar-refractivity contribution >= 4 is 59.4 Å². The maximum atomic E-state index is 0. The van der Waals surface area contributed by atoms with Crippen molar-refractivity contribution in [3.8, 4) is 0 Å². The number of hydrogen-bond donors (Lipinski definition) is 0. The van der Waals surface area contributed by atoms with Crippen molar-refractivity contribution in [3.05, 3.63) is 0 Å². The van der Waals surface area contributed by atoms with Crippen molar-refractivity contribution in [2.75, 3.05) is 0 Å². The molecule has 0 aromatic carbocycles. The average Bonchev–Trinajstić information content (AvgIpc) is 0. The van der Waals surface area contributed by atoms with Crippen LogP contribution in [-0.2, 0) is 0 Å². The first-order chi connectivity index (χ1) is 0. The molecule has 4 heavy (non-hydrogen) atoms. The highest BCUT2D eigenvalue weighted by Crippen LogP contribution is 0.848. The maximum absolute atomic E-state index is 0. The van der Waals surface area contributed by atoms with Gasteiger partial charge in [-0.05, 0) is 0 Å². The molecule has 0 fully saturated rings. The smallest absolute Gasteiger partial charge is 0.0814 e. The van der Waals surface area contributed by atoms with E-state index in [1.54, 1.807) is 0 Å². The lowest BCUT2D eigenvalue weighted by Gasteiger charge is -0.115. The fourth-order valence-electron chi connectivity index (χ4n) is 0. The minimum absolute atomic E-state index is 0. The lowest BCUT2D eigenvalue weighted by Crippen LogP contribution is -0.381. The predicted octanol–water partition coefficient (Wildman–Crippen LogP) is 0.550. The van der Waals surface area contributed by atoms with Gasteiger partial charge in [-0.1, -0.05) is 0 Å². The van der Waals surface area contributed by atoms with Crippen LogP contribution in [0.5, 0.6) is 0 Å². The van der Waals surface area contributed by atoms with Crippen molar-refractivity contribution in [2.45, 2.75) is 0 Å². The molecule has 0 spiro atoms. The third kappa shape index (κ3) is 9.71. The first-order valence-electron chi connectivity index (χ1n) is 0. The molecule has 0 aliphatic rings. The van der Waals surface area contributed by atoms with Crippen molar-refractivity contribution in [1.82, 2.24) is 0 Å². The second-order valence-corrected chi connectivity index (χ2v) is 0. The van der Waals surface area contributed by atoms with Crippen molar-refractivity contribution < 1.29 is 0 Å². The molecule has 0 radical (unpaired) electrons.